The van der Waals surface area contributed by atoms with Crippen LogP contribution in [0.3, 0.4) is 0 Å². The maximum Gasteiger partial charge on any atom is 0.0890 e. The molecule has 0 aromatic rings. The van der Waals surface area contributed by atoms with Crippen LogP contribution in [0.1, 0.15) is 32.1 Å². The zero-order chi connectivity index (χ0) is 9.10. The second-order valence-electron chi connectivity index (χ2n) is 4.71. The molecule has 2 aliphatic carbocycles. The maximum atomic E-state index is 5.05. The van der Waals surface area contributed by atoms with E-state index in [2.05, 4.69) is 5.32 Å². The van der Waals surface area contributed by atoms with E-state index in [1.54, 1.807) is 7.11 Å². The van der Waals surface area contributed by atoms with Gasteiger partial charge in [-0.15, -0.1) is 0 Å². The van der Waals surface area contributed by atoms with Crippen molar-refractivity contribution in [2.45, 2.75) is 38.1 Å². The molecule has 0 amide bonds. The number of ether oxygens (including phenoxy) is 1. The molecule has 2 heteroatoms. The lowest BCUT2D eigenvalue weighted by molar-refractivity contribution is -0.695. The molecule has 0 unspecified atom stereocenters. The predicted molar refractivity (Wildman–Crippen MR) is 52.5 cm³/mol. The van der Waals surface area contributed by atoms with E-state index in [1.165, 1.54) is 38.6 Å². The summed E-state index contributed by atoms with van der Waals surface area (Å²) in [5, 5.41) is 2.57. The molecule has 0 aromatic carbocycles. The molecule has 2 nitrogen and oxygen atoms in total. The van der Waals surface area contributed by atoms with Crippen molar-refractivity contribution >= 4 is 0 Å². The van der Waals surface area contributed by atoms with Gasteiger partial charge < -0.3 is 10.1 Å². The van der Waals surface area contributed by atoms with E-state index >= 15 is 0 Å². The lowest BCUT2D eigenvalue weighted by atomic mass is 9.95. The quantitative estimate of drug-likeness (QED) is 0.628. The fourth-order valence-electron chi connectivity index (χ4n) is 3.14. The monoisotopic (exact) mass is 184 g/mol. The first-order valence-electron chi connectivity index (χ1n) is 5.72. The largest absolute Gasteiger partial charge is 0.384 e. The lowest BCUT2D eigenvalue weighted by Gasteiger charge is -2.19. The Bertz CT molecular complexity index is 160. The summed E-state index contributed by atoms with van der Waals surface area (Å²) in [4.78, 5) is 0. The lowest BCUT2D eigenvalue weighted by Crippen LogP contribution is -2.91. The van der Waals surface area contributed by atoms with Gasteiger partial charge in [-0.25, -0.2) is 0 Å². The zero-order valence-corrected chi connectivity index (χ0v) is 8.67. The van der Waals surface area contributed by atoms with Gasteiger partial charge in [0.1, 0.15) is 0 Å². The number of hydrogen-bond donors (Lipinski definition) is 1. The predicted octanol–water partition coefficient (Wildman–Crippen LogP) is 0.775. The summed E-state index contributed by atoms with van der Waals surface area (Å²) in [6.07, 6.45) is 7.27. The average molecular weight is 184 g/mol. The number of fused-ring (bicyclic) bond motifs is 2. The van der Waals surface area contributed by atoms with Gasteiger partial charge in [-0.3, -0.25) is 0 Å². The maximum absolute atomic E-state index is 5.05. The third-order valence-corrected chi connectivity index (χ3v) is 3.81. The van der Waals surface area contributed by atoms with E-state index in [4.69, 9.17) is 4.74 Å². The van der Waals surface area contributed by atoms with Gasteiger partial charge in [0.2, 0.25) is 0 Å². The third-order valence-electron chi connectivity index (χ3n) is 3.81. The van der Waals surface area contributed by atoms with Gasteiger partial charge in [0.05, 0.1) is 19.2 Å². The molecule has 3 atom stereocenters. The Morgan fingerprint density at radius 1 is 1.31 bits per heavy atom. The Hall–Kier alpha value is -0.0800. The molecule has 0 spiro atoms. The normalized spacial score (nSPS) is 37.2. The van der Waals surface area contributed by atoms with Crippen LogP contribution in [-0.4, -0.2) is 26.3 Å². The van der Waals surface area contributed by atoms with Gasteiger partial charge in [-0.1, -0.05) is 0 Å². The van der Waals surface area contributed by atoms with Gasteiger partial charge in [0.15, 0.2) is 0 Å². The highest BCUT2D eigenvalue weighted by Gasteiger charge is 2.41. The molecular weight excluding hydrogens is 162 g/mol. The van der Waals surface area contributed by atoms with Crippen molar-refractivity contribution < 1.29 is 10.1 Å². The first-order valence-corrected chi connectivity index (χ1v) is 5.72. The molecule has 0 aromatic heterocycles. The average Bonchev–Trinajstić information content (AvgIpc) is 2.73. The highest BCUT2D eigenvalue weighted by Crippen LogP contribution is 2.42. The number of methoxy groups -OCH3 is 1. The summed E-state index contributed by atoms with van der Waals surface area (Å²) in [6.45, 7) is 2.19. The SMILES string of the molecule is COCCC[NH2+][C@H]1C[C@@H]2CC[C@H]1C2. The molecule has 0 aliphatic heterocycles. The molecule has 0 radical (unpaired) electrons. The minimum absolute atomic E-state index is 0.928. The van der Waals surface area contributed by atoms with Crippen molar-refractivity contribution in [3.8, 4) is 0 Å². The van der Waals surface area contributed by atoms with Crippen molar-refractivity contribution in [1.82, 2.24) is 0 Å². The Kier molecular flexibility index (Phi) is 3.23. The number of quaternary nitrogens is 1. The van der Waals surface area contributed by atoms with Crippen molar-refractivity contribution in [1.29, 1.82) is 0 Å². The van der Waals surface area contributed by atoms with E-state index in [1.807, 2.05) is 0 Å². The molecule has 2 rings (SSSR count). The van der Waals surface area contributed by atoms with E-state index < -0.39 is 0 Å². The fraction of sp³-hybridized carbons (Fsp3) is 1.00. The van der Waals surface area contributed by atoms with Gasteiger partial charge >= 0.3 is 0 Å². The van der Waals surface area contributed by atoms with Gasteiger partial charge in [0, 0.05) is 25.9 Å². The van der Waals surface area contributed by atoms with Gasteiger partial charge in [-0.2, -0.15) is 0 Å². The number of nitrogens with two attached hydrogens (primary N) is 1. The molecule has 2 bridgehead atoms. The molecular formula is C11H22NO+. The smallest absolute Gasteiger partial charge is 0.0890 e. The van der Waals surface area contributed by atoms with Crippen LogP contribution in [0.4, 0.5) is 0 Å². The van der Waals surface area contributed by atoms with Crippen LogP contribution in [0.15, 0.2) is 0 Å². The second-order valence-corrected chi connectivity index (χ2v) is 4.71. The van der Waals surface area contributed by atoms with Crippen LogP contribution in [-0.2, 0) is 4.74 Å². The third kappa shape index (κ3) is 2.23. The van der Waals surface area contributed by atoms with E-state index in [0.29, 0.717) is 0 Å². The molecule has 0 heterocycles. The standard InChI is InChI=1S/C11H21NO/c1-13-6-2-5-12-11-8-9-3-4-10(11)7-9/h9-12H,2-8H2,1H3/p+1/t9-,10+,11+/m1/s1. The summed E-state index contributed by atoms with van der Waals surface area (Å²) >= 11 is 0. The Labute approximate surface area is 81.0 Å². The second kappa shape index (κ2) is 4.43. The summed E-state index contributed by atoms with van der Waals surface area (Å²) in [6, 6.07) is 0.968. The van der Waals surface area contributed by atoms with Crippen LogP contribution >= 0.6 is 0 Å². The highest BCUT2D eigenvalue weighted by atomic mass is 16.5. The first kappa shape index (κ1) is 9.47. The zero-order valence-electron chi connectivity index (χ0n) is 8.67. The number of hydrogen-bond acceptors (Lipinski definition) is 1. The Morgan fingerprint density at radius 2 is 2.23 bits per heavy atom. The summed E-state index contributed by atoms with van der Waals surface area (Å²) in [7, 11) is 1.79. The molecule has 76 valence electrons. The van der Waals surface area contributed by atoms with Gasteiger partial charge in [0.25, 0.3) is 0 Å². The van der Waals surface area contributed by atoms with Crippen molar-refractivity contribution in [3.05, 3.63) is 0 Å². The molecule has 13 heavy (non-hydrogen) atoms. The van der Waals surface area contributed by atoms with Crippen LogP contribution in [0, 0.1) is 11.8 Å². The van der Waals surface area contributed by atoms with Crippen LogP contribution in [0.25, 0.3) is 0 Å². The van der Waals surface area contributed by atoms with Crippen LogP contribution in [0.5, 0.6) is 0 Å². The van der Waals surface area contributed by atoms with Crippen molar-refractivity contribution in [3.63, 3.8) is 0 Å². The highest BCUT2D eigenvalue weighted by molar-refractivity contribution is 4.89. The Balaban J connectivity index is 1.60. The van der Waals surface area contributed by atoms with Crippen LogP contribution in [0.2, 0.25) is 0 Å². The minimum Gasteiger partial charge on any atom is -0.384 e. The van der Waals surface area contributed by atoms with E-state index in [9.17, 15) is 0 Å². The van der Waals surface area contributed by atoms with Crippen molar-refractivity contribution in [2.75, 3.05) is 20.3 Å². The molecule has 2 N–H and O–H groups in total. The summed E-state index contributed by atoms with van der Waals surface area (Å²) < 4.78 is 5.05. The molecule has 2 fully saturated rings. The summed E-state index contributed by atoms with van der Waals surface area (Å²) in [5.74, 6) is 2.15. The molecule has 0 saturated heterocycles. The minimum atomic E-state index is 0.928. The first-order chi connectivity index (χ1) is 6.40. The topological polar surface area (TPSA) is 25.8 Å². The van der Waals surface area contributed by atoms with E-state index in [-0.39, 0.29) is 0 Å². The molecule has 2 saturated carbocycles. The van der Waals surface area contributed by atoms with Crippen LogP contribution < -0.4 is 5.32 Å². The summed E-state index contributed by atoms with van der Waals surface area (Å²) in [5.41, 5.74) is 0. The van der Waals surface area contributed by atoms with Crippen molar-refractivity contribution in [2.24, 2.45) is 11.8 Å². The number of rotatable bonds is 5. The fourth-order valence-corrected chi connectivity index (χ4v) is 3.14. The van der Waals surface area contributed by atoms with E-state index in [0.717, 1.165) is 24.5 Å². The van der Waals surface area contributed by atoms with Gasteiger partial charge in [-0.05, 0) is 25.2 Å². The molecule has 2 aliphatic rings. The Morgan fingerprint density at radius 3 is 2.85 bits per heavy atom.